The fourth-order valence-electron chi connectivity index (χ4n) is 2.66. The standard InChI is InChI=1S/C12H22O6S.Na.H/c1-18-12(14)10(7-8-19(15,16)17)11(13)9-5-3-2-4-6-9;;/h9-11,13H,2-8H2,1H3,(H,15,16,17);;. The second-order valence-electron chi connectivity index (χ2n) is 5.09. The Kier molecular flexibility index (Phi) is 9.54. The summed E-state index contributed by atoms with van der Waals surface area (Å²) >= 11 is 0. The van der Waals surface area contributed by atoms with Crippen LogP contribution in [0.2, 0.25) is 0 Å². The van der Waals surface area contributed by atoms with Crippen LogP contribution in [0.25, 0.3) is 0 Å². The third kappa shape index (κ3) is 6.87. The molecule has 2 atom stereocenters. The molecule has 0 aromatic heterocycles. The molecule has 0 aromatic rings. The Morgan fingerprint density at radius 3 is 2.30 bits per heavy atom. The summed E-state index contributed by atoms with van der Waals surface area (Å²) in [5, 5.41) is 10.3. The molecule has 1 aliphatic rings. The monoisotopic (exact) mass is 318 g/mol. The predicted octanol–water partition coefficient (Wildman–Crippen LogP) is 0.346. The number of esters is 1. The van der Waals surface area contributed by atoms with Crippen molar-refractivity contribution in [3.63, 3.8) is 0 Å². The van der Waals surface area contributed by atoms with Gasteiger partial charge in [0.15, 0.2) is 0 Å². The van der Waals surface area contributed by atoms with Crippen molar-refractivity contribution in [2.45, 2.75) is 44.6 Å². The minimum atomic E-state index is -4.14. The van der Waals surface area contributed by atoms with Gasteiger partial charge in [0.1, 0.15) is 0 Å². The Morgan fingerprint density at radius 1 is 1.30 bits per heavy atom. The van der Waals surface area contributed by atoms with Gasteiger partial charge in [-0.05, 0) is 25.2 Å². The van der Waals surface area contributed by atoms with E-state index >= 15 is 0 Å². The number of hydrogen-bond donors (Lipinski definition) is 2. The van der Waals surface area contributed by atoms with Crippen molar-refractivity contribution < 1.29 is 27.6 Å². The van der Waals surface area contributed by atoms with E-state index in [2.05, 4.69) is 4.74 Å². The third-order valence-electron chi connectivity index (χ3n) is 3.74. The van der Waals surface area contributed by atoms with E-state index in [1.54, 1.807) is 0 Å². The SMILES string of the molecule is COC(=O)C(CCS(=O)(=O)O)C(O)C1CCCCC1.[NaH]. The minimum absolute atomic E-state index is 0. The molecule has 0 saturated heterocycles. The molecule has 1 aliphatic carbocycles. The van der Waals surface area contributed by atoms with Crippen LogP contribution < -0.4 is 0 Å². The molecular weight excluding hydrogens is 295 g/mol. The van der Waals surface area contributed by atoms with Gasteiger partial charge in [-0.3, -0.25) is 9.35 Å². The van der Waals surface area contributed by atoms with Crippen LogP contribution in [0.5, 0.6) is 0 Å². The molecule has 0 aliphatic heterocycles. The third-order valence-corrected chi connectivity index (χ3v) is 4.49. The first-order valence-corrected chi connectivity index (χ1v) is 8.17. The van der Waals surface area contributed by atoms with E-state index in [1.807, 2.05) is 0 Å². The topological polar surface area (TPSA) is 101 Å². The fourth-order valence-corrected chi connectivity index (χ4v) is 3.21. The molecule has 2 N–H and O–H groups in total. The van der Waals surface area contributed by atoms with Gasteiger partial charge in [0.25, 0.3) is 10.1 Å². The first-order valence-electron chi connectivity index (χ1n) is 6.56. The van der Waals surface area contributed by atoms with Crippen LogP contribution in [0.4, 0.5) is 0 Å². The molecule has 0 bridgehead atoms. The maximum absolute atomic E-state index is 11.7. The quantitative estimate of drug-likeness (QED) is 0.416. The Morgan fingerprint density at radius 2 is 1.85 bits per heavy atom. The number of carbonyl (C=O) groups is 1. The summed E-state index contributed by atoms with van der Waals surface area (Å²) in [6, 6.07) is 0. The first kappa shape index (κ1) is 20.3. The molecule has 114 valence electrons. The molecule has 20 heavy (non-hydrogen) atoms. The van der Waals surface area contributed by atoms with Crippen LogP contribution in [0, 0.1) is 11.8 Å². The van der Waals surface area contributed by atoms with E-state index in [4.69, 9.17) is 4.55 Å². The molecule has 2 unspecified atom stereocenters. The summed E-state index contributed by atoms with van der Waals surface area (Å²) in [5.41, 5.74) is 0. The molecule has 0 amide bonds. The molecule has 6 nitrogen and oxygen atoms in total. The Bertz CT molecular complexity index is 391. The van der Waals surface area contributed by atoms with Gasteiger partial charge in [-0.15, -0.1) is 0 Å². The van der Waals surface area contributed by atoms with Crippen molar-refractivity contribution in [3.05, 3.63) is 0 Å². The molecular formula is C12H23NaO6S. The zero-order chi connectivity index (χ0) is 14.5. The molecule has 1 fully saturated rings. The van der Waals surface area contributed by atoms with Gasteiger partial charge in [-0.2, -0.15) is 8.42 Å². The molecule has 8 heteroatoms. The van der Waals surface area contributed by atoms with E-state index in [0.29, 0.717) is 0 Å². The average Bonchev–Trinajstić information content (AvgIpc) is 2.38. The number of carbonyl (C=O) groups excluding carboxylic acids is 1. The summed E-state index contributed by atoms with van der Waals surface area (Å²) in [7, 11) is -2.94. The number of rotatable bonds is 6. The zero-order valence-corrected chi connectivity index (χ0v) is 11.9. The van der Waals surface area contributed by atoms with E-state index in [0.717, 1.165) is 32.1 Å². The summed E-state index contributed by atoms with van der Waals surface area (Å²) in [6.07, 6.45) is 3.78. The number of aliphatic hydroxyl groups excluding tert-OH is 1. The van der Waals surface area contributed by atoms with Gasteiger partial charge in [-0.1, -0.05) is 19.3 Å². The van der Waals surface area contributed by atoms with Crippen molar-refractivity contribution in [1.29, 1.82) is 0 Å². The van der Waals surface area contributed by atoms with Crippen LogP contribution in [-0.4, -0.2) is 72.6 Å². The Labute approximate surface area is 142 Å². The van der Waals surface area contributed by atoms with Gasteiger partial charge in [0.05, 0.1) is 24.9 Å². The summed E-state index contributed by atoms with van der Waals surface area (Å²) < 4.78 is 34.9. The summed E-state index contributed by atoms with van der Waals surface area (Å²) in [4.78, 5) is 11.7. The Hall–Kier alpha value is 0.340. The van der Waals surface area contributed by atoms with E-state index in [9.17, 15) is 18.3 Å². The van der Waals surface area contributed by atoms with E-state index in [-0.39, 0.29) is 41.9 Å². The van der Waals surface area contributed by atoms with Crippen LogP contribution in [0.15, 0.2) is 0 Å². The van der Waals surface area contributed by atoms with Crippen molar-refractivity contribution in [2.24, 2.45) is 11.8 Å². The predicted molar refractivity (Wildman–Crippen MR) is 76.3 cm³/mol. The van der Waals surface area contributed by atoms with Crippen molar-refractivity contribution in [3.8, 4) is 0 Å². The van der Waals surface area contributed by atoms with Gasteiger partial charge in [-0.25, -0.2) is 0 Å². The first-order chi connectivity index (χ1) is 8.85. The number of hydrogen-bond acceptors (Lipinski definition) is 5. The van der Waals surface area contributed by atoms with Crippen molar-refractivity contribution >= 4 is 45.6 Å². The maximum atomic E-state index is 11.7. The molecule has 0 spiro atoms. The fraction of sp³-hybridized carbons (Fsp3) is 0.917. The van der Waals surface area contributed by atoms with Crippen molar-refractivity contribution in [2.75, 3.05) is 12.9 Å². The van der Waals surface area contributed by atoms with Crippen molar-refractivity contribution in [1.82, 2.24) is 0 Å². The Balaban J connectivity index is 0.00000361. The number of ether oxygens (including phenoxy) is 1. The second kappa shape index (κ2) is 9.38. The van der Waals surface area contributed by atoms with E-state index < -0.39 is 33.9 Å². The van der Waals surface area contributed by atoms with Gasteiger partial charge >= 0.3 is 35.5 Å². The van der Waals surface area contributed by atoms with Crippen LogP contribution in [0.3, 0.4) is 0 Å². The molecule has 0 heterocycles. The molecule has 0 aromatic carbocycles. The number of aliphatic hydroxyl groups is 1. The van der Waals surface area contributed by atoms with Gasteiger partial charge < -0.3 is 9.84 Å². The zero-order valence-electron chi connectivity index (χ0n) is 11.1. The van der Waals surface area contributed by atoms with Crippen LogP contribution in [0.1, 0.15) is 38.5 Å². The number of methoxy groups -OCH3 is 1. The molecule has 0 radical (unpaired) electrons. The van der Waals surface area contributed by atoms with Crippen LogP contribution >= 0.6 is 0 Å². The molecule has 1 saturated carbocycles. The second-order valence-corrected chi connectivity index (χ2v) is 6.67. The summed E-state index contributed by atoms with van der Waals surface area (Å²) in [5.74, 6) is -2.06. The van der Waals surface area contributed by atoms with Gasteiger partial charge in [0, 0.05) is 0 Å². The average molecular weight is 318 g/mol. The van der Waals surface area contributed by atoms with Crippen LogP contribution in [-0.2, 0) is 19.6 Å². The normalized spacial score (nSPS) is 19.8. The van der Waals surface area contributed by atoms with E-state index in [1.165, 1.54) is 7.11 Å². The molecule has 1 rings (SSSR count). The summed E-state index contributed by atoms with van der Waals surface area (Å²) in [6.45, 7) is 0. The van der Waals surface area contributed by atoms with Gasteiger partial charge in [0.2, 0.25) is 0 Å².